The summed E-state index contributed by atoms with van der Waals surface area (Å²) in [5.41, 5.74) is 2.67. The van der Waals surface area contributed by atoms with Crippen molar-refractivity contribution in [3.05, 3.63) is 29.8 Å². The lowest BCUT2D eigenvalue weighted by Crippen LogP contribution is -2.49. The van der Waals surface area contributed by atoms with E-state index in [4.69, 9.17) is 5.11 Å². The second kappa shape index (κ2) is 7.65. The second-order valence-corrected chi connectivity index (χ2v) is 5.98. The van der Waals surface area contributed by atoms with Gasteiger partial charge >= 0.3 is 0 Å². The molecule has 112 valence electrons. The Morgan fingerprint density at radius 3 is 2.90 bits per heavy atom. The van der Waals surface area contributed by atoms with Gasteiger partial charge in [0.05, 0.1) is 0 Å². The molecule has 1 aliphatic rings. The van der Waals surface area contributed by atoms with Crippen LogP contribution in [-0.2, 0) is 0 Å². The van der Waals surface area contributed by atoms with E-state index in [1.807, 2.05) is 0 Å². The van der Waals surface area contributed by atoms with Gasteiger partial charge in [-0.2, -0.15) is 0 Å². The molecule has 1 aromatic rings. The summed E-state index contributed by atoms with van der Waals surface area (Å²) in [6.07, 6.45) is 3.34. The van der Waals surface area contributed by atoms with Crippen molar-refractivity contribution in [3.63, 3.8) is 0 Å². The number of nitrogens with one attached hydrogen (secondary N) is 1. The Bertz CT molecular complexity index is 408. The molecule has 0 bridgehead atoms. The van der Waals surface area contributed by atoms with E-state index in [1.54, 1.807) is 0 Å². The molecule has 2 N–H and O–H groups in total. The quantitative estimate of drug-likeness (QED) is 0.784. The number of benzene rings is 1. The number of aryl methyl sites for hydroxylation is 1. The van der Waals surface area contributed by atoms with Gasteiger partial charge in [0.25, 0.3) is 0 Å². The van der Waals surface area contributed by atoms with Crippen LogP contribution < -0.4 is 10.2 Å². The third-order valence-electron chi connectivity index (χ3n) is 4.25. The number of anilines is 1. The Balaban J connectivity index is 2.01. The molecule has 1 aromatic carbocycles. The van der Waals surface area contributed by atoms with Crippen molar-refractivity contribution in [2.45, 2.75) is 39.2 Å². The molecule has 1 saturated heterocycles. The van der Waals surface area contributed by atoms with Gasteiger partial charge in [0.15, 0.2) is 0 Å². The van der Waals surface area contributed by atoms with Gasteiger partial charge in [-0.25, -0.2) is 0 Å². The van der Waals surface area contributed by atoms with E-state index < -0.39 is 0 Å². The van der Waals surface area contributed by atoms with Gasteiger partial charge in [0, 0.05) is 31.4 Å². The van der Waals surface area contributed by atoms with Crippen molar-refractivity contribution in [2.24, 2.45) is 5.92 Å². The molecular formula is C17H28N2O. The summed E-state index contributed by atoms with van der Waals surface area (Å²) in [4.78, 5) is 2.52. The molecule has 1 aliphatic heterocycles. The molecule has 2 atom stereocenters. The highest BCUT2D eigenvalue weighted by Crippen LogP contribution is 2.25. The van der Waals surface area contributed by atoms with Crippen LogP contribution in [0.3, 0.4) is 0 Å². The highest BCUT2D eigenvalue weighted by Gasteiger charge is 2.26. The summed E-state index contributed by atoms with van der Waals surface area (Å²) in [6.45, 7) is 7.87. The highest BCUT2D eigenvalue weighted by atomic mass is 16.3. The molecule has 2 rings (SSSR count). The third kappa shape index (κ3) is 4.22. The van der Waals surface area contributed by atoms with Crippen molar-refractivity contribution in [1.82, 2.24) is 5.32 Å². The minimum absolute atomic E-state index is 0.276. The van der Waals surface area contributed by atoms with Crippen LogP contribution >= 0.6 is 0 Å². The molecular weight excluding hydrogens is 248 g/mol. The molecule has 0 aromatic heterocycles. The first-order chi connectivity index (χ1) is 9.72. The number of piperidine rings is 1. The van der Waals surface area contributed by atoms with Crippen molar-refractivity contribution in [3.8, 4) is 0 Å². The molecule has 0 saturated carbocycles. The topological polar surface area (TPSA) is 35.5 Å². The zero-order valence-electron chi connectivity index (χ0n) is 12.8. The van der Waals surface area contributed by atoms with Crippen LogP contribution in [0.2, 0.25) is 0 Å². The summed E-state index contributed by atoms with van der Waals surface area (Å²) in [5.74, 6) is 0.760. The van der Waals surface area contributed by atoms with Crippen molar-refractivity contribution >= 4 is 5.69 Å². The Hall–Kier alpha value is -1.06. The minimum Gasteiger partial charge on any atom is -0.396 e. The fourth-order valence-corrected chi connectivity index (χ4v) is 3.07. The van der Waals surface area contributed by atoms with E-state index in [9.17, 15) is 0 Å². The SMILES string of the molecule is CCC1CC(NCCCO)CN(c2cccc(C)c2)C1. The van der Waals surface area contributed by atoms with Gasteiger partial charge in [-0.15, -0.1) is 0 Å². The summed E-state index contributed by atoms with van der Waals surface area (Å²) in [5, 5.41) is 12.5. The van der Waals surface area contributed by atoms with Gasteiger partial charge in [-0.1, -0.05) is 25.5 Å². The molecule has 3 heteroatoms. The smallest absolute Gasteiger partial charge is 0.0443 e. The van der Waals surface area contributed by atoms with Crippen LogP contribution in [0.25, 0.3) is 0 Å². The minimum atomic E-state index is 0.276. The van der Waals surface area contributed by atoms with Gasteiger partial charge in [0.1, 0.15) is 0 Å². The molecule has 1 heterocycles. The molecule has 1 fully saturated rings. The lowest BCUT2D eigenvalue weighted by atomic mass is 9.91. The van der Waals surface area contributed by atoms with Crippen molar-refractivity contribution < 1.29 is 5.11 Å². The predicted molar refractivity (Wildman–Crippen MR) is 85.3 cm³/mol. The van der Waals surface area contributed by atoms with Crippen LogP contribution in [0.15, 0.2) is 24.3 Å². The first kappa shape index (κ1) is 15.3. The van der Waals surface area contributed by atoms with Crippen molar-refractivity contribution in [1.29, 1.82) is 0 Å². The summed E-state index contributed by atoms with van der Waals surface area (Å²) in [6, 6.07) is 9.34. The molecule has 0 amide bonds. The van der Waals surface area contributed by atoms with Crippen LogP contribution in [0.5, 0.6) is 0 Å². The normalized spacial score (nSPS) is 23.1. The van der Waals surface area contributed by atoms with E-state index in [1.165, 1.54) is 24.1 Å². The lowest BCUT2D eigenvalue weighted by Gasteiger charge is -2.39. The number of rotatable bonds is 6. The third-order valence-corrected chi connectivity index (χ3v) is 4.25. The maximum atomic E-state index is 8.90. The summed E-state index contributed by atoms with van der Waals surface area (Å²) >= 11 is 0. The first-order valence-electron chi connectivity index (χ1n) is 7.88. The van der Waals surface area contributed by atoms with E-state index in [-0.39, 0.29) is 6.61 Å². The number of hydrogen-bond donors (Lipinski definition) is 2. The molecule has 0 aliphatic carbocycles. The lowest BCUT2D eigenvalue weighted by molar-refractivity contribution is 0.273. The largest absolute Gasteiger partial charge is 0.396 e. The number of nitrogens with zero attached hydrogens (tertiary/aromatic N) is 1. The Labute approximate surface area is 123 Å². The molecule has 0 radical (unpaired) electrons. The van der Waals surface area contributed by atoms with Crippen LogP contribution in [0, 0.1) is 12.8 Å². The first-order valence-corrected chi connectivity index (χ1v) is 7.88. The van der Waals surface area contributed by atoms with Crippen LogP contribution in [0.4, 0.5) is 5.69 Å². The van der Waals surface area contributed by atoms with E-state index in [2.05, 4.69) is 48.3 Å². The fourth-order valence-electron chi connectivity index (χ4n) is 3.07. The van der Waals surface area contributed by atoms with Gasteiger partial charge in [-0.3, -0.25) is 0 Å². The molecule has 0 spiro atoms. The number of aliphatic hydroxyl groups is 1. The predicted octanol–water partition coefficient (Wildman–Crippen LogP) is 2.57. The van der Waals surface area contributed by atoms with E-state index in [0.29, 0.717) is 6.04 Å². The average molecular weight is 276 g/mol. The molecule has 2 unspecified atom stereocenters. The highest BCUT2D eigenvalue weighted by molar-refractivity contribution is 5.49. The number of aliphatic hydroxyl groups excluding tert-OH is 1. The second-order valence-electron chi connectivity index (χ2n) is 5.98. The molecule has 20 heavy (non-hydrogen) atoms. The standard InChI is InChI=1S/C17H28N2O/c1-3-15-11-16(18-8-5-9-20)13-19(12-15)17-7-4-6-14(2)10-17/h4,6-7,10,15-16,18,20H,3,5,8-9,11-13H2,1-2H3. The van der Waals surface area contributed by atoms with Gasteiger partial charge in [0.2, 0.25) is 0 Å². The molecule has 3 nitrogen and oxygen atoms in total. The maximum absolute atomic E-state index is 8.90. The monoisotopic (exact) mass is 276 g/mol. The van der Waals surface area contributed by atoms with Crippen molar-refractivity contribution in [2.75, 3.05) is 31.1 Å². The Morgan fingerprint density at radius 1 is 1.35 bits per heavy atom. The Kier molecular flexibility index (Phi) is 5.86. The van der Waals surface area contributed by atoms with Gasteiger partial charge in [-0.05, 0) is 49.9 Å². The fraction of sp³-hybridized carbons (Fsp3) is 0.647. The van der Waals surface area contributed by atoms with E-state index in [0.717, 1.165) is 32.0 Å². The number of hydrogen-bond acceptors (Lipinski definition) is 3. The zero-order valence-corrected chi connectivity index (χ0v) is 12.8. The van der Waals surface area contributed by atoms with E-state index >= 15 is 0 Å². The van der Waals surface area contributed by atoms with Crippen LogP contribution in [0.1, 0.15) is 31.7 Å². The van der Waals surface area contributed by atoms with Crippen LogP contribution in [-0.4, -0.2) is 37.4 Å². The average Bonchev–Trinajstić information content (AvgIpc) is 2.47. The Morgan fingerprint density at radius 2 is 2.20 bits per heavy atom. The maximum Gasteiger partial charge on any atom is 0.0443 e. The zero-order chi connectivity index (χ0) is 14.4. The summed E-state index contributed by atoms with van der Waals surface area (Å²) in [7, 11) is 0. The summed E-state index contributed by atoms with van der Waals surface area (Å²) < 4.78 is 0. The van der Waals surface area contributed by atoms with Gasteiger partial charge < -0.3 is 15.3 Å².